The Labute approximate surface area is 125 Å². The molecular weight excluding hydrogens is 276 g/mol. The van der Waals surface area contributed by atoms with Gasteiger partial charge in [0.05, 0.1) is 0 Å². The van der Waals surface area contributed by atoms with Crippen LogP contribution in [-0.2, 0) is 9.59 Å². The van der Waals surface area contributed by atoms with Gasteiger partial charge < -0.3 is 15.7 Å². The van der Waals surface area contributed by atoms with E-state index in [0.717, 1.165) is 24.5 Å². The lowest BCUT2D eigenvalue weighted by Gasteiger charge is -2.23. The molecule has 2 atom stereocenters. The number of hydrogen-bond acceptors (Lipinski definition) is 4. The molecule has 20 heavy (non-hydrogen) atoms. The first-order valence-electron chi connectivity index (χ1n) is 7.27. The average Bonchev–Trinajstić information content (AvgIpc) is 2.36. The summed E-state index contributed by atoms with van der Waals surface area (Å²) < 4.78 is 0. The lowest BCUT2D eigenvalue weighted by atomic mass is 9.94. The Balaban J connectivity index is 2.29. The van der Waals surface area contributed by atoms with E-state index in [9.17, 15) is 9.59 Å². The largest absolute Gasteiger partial charge is 0.481 e. The molecule has 116 valence electrons. The van der Waals surface area contributed by atoms with Gasteiger partial charge >= 0.3 is 5.97 Å². The first-order valence-corrected chi connectivity index (χ1v) is 8.42. The zero-order chi connectivity index (χ0) is 15.0. The molecular formula is C14H26N2O3S. The number of aliphatic carboxylic acids is 1. The van der Waals surface area contributed by atoms with Crippen molar-refractivity contribution in [2.24, 2.45) is 11.8 Å². The van der Waals surface area contributed by atoms with E-state index in [1.165, 1.54) is 0 Å². The van der Waals surface area contributed by atoms with Gasteiger partial charge in [0.15, 0.2) is 0 Å². The molecule has 6 heteroatoms. The summed E-state index contributed by atoms with van der Waals surface area (Å²) in [6.07, 6.45) is 1.43. The highest BCUT2D eigenvalue weighted by atomic mass is 32.2. The summed E-state index contributed by atoms with van der Waals surface area (Å²) in [5.74, 6) is 1.75. The summed E-state index contributed by atoms with van der Waals surface area (Å²) in [6, 6.07) is 0.247. The molecule has 0 spiro atoms. The molecule has 1 aliphatic rings. The summed E-state index contributed by atoms with van der Waals surface area (Å²) in [7, 11) is 0. The number of nitrogens with one attached hydrogen (secondary N) is 2. The molecule has 3 N–H and O–H groups in total. The lowest BCUT2D eigenvalue weighted by Crippen LogP contribution is -2.42. The second-order valence-corrected chi connectivity index (χ2v) is 6.98. The number of thioether (sulfide) groups is 1. The topological polar surface area (TPSA) is 78.4 Å². The Hall–Kier alpha value is -0.750. The smallest absolute Gasteiger partial charge is 0.303 e. The summed E-state index contributed by atoms with van der Waals surface area (Å²) in [4.78, 5) is 22.7. The maximum absolute atomic E-state index is 11.9. The normalized spacial score (nSPS) is 20.6. The number of carboxylic acid groups (broad SMARTS) is 1. The van der Waals surface area contributed by atoms with Crippen LogP contribution in [0.2, 0.25) is 0 Å². The molecule has 0 aromatic rings. The fourth-order valence-corrected chi connectivity index (χ4v) is 3.41. The highest BCUT2D eigenvalue weighted by Gasteiger charge is 2.19. The maximum atomic E-state index is 11.9. The van der Waals surface area contributed by atoms with Crippen molar-refractivity contribution in [2.75, 3.05) is 24.6 Å². The van der Waals surface area contributed by atoms with Gasteiger partial charge in [-0.05, 0) is 18.3 Å². The maximum Gasteiger partial charge on any atom is 0.303 e. The van der Waals surface area contributed by atoms with Crippen LogP contribution in [0.1, 0.15) is 33.1 Å². The summed E-state index contributed by atoms with van der Waals surface area (Å²) in [5, 5.41) is 15.1. The van der Waals surface area contributed by atoms with Crippen LogP contribution in [0.5, 0.6) is 0 Å². The predicted octanol–water partition coefficient (Wildman–Crippen LogP) is 1.33. The Kier molecular flexibility index (Phi) is 7.99. The molecule has 1 heterocycles. The molecule has 0 aromatic heterocycles. The van der Waals surface area contributed by atoms with Gasteiger partial charge in [-0.25, -0.2) is 0 Å². The van der Waals surface area contributed by atoms with E-state index >= 15 is 0 Å². The van der Waals surface area contributed by atoms with Gasteiger partial charge in [-0.15, -0.1) is 0 Å². The molecule has 1 fully saturated rings. The summed E-state index contributed by atoms with van der Waals surface area (Å²) >= 11 is 1.87. The SMILES string of the molecule is CC(C)C[C@H](CNC(=O)CC1CSCCN1)CC(=O)O. The first kappa shape index (κ1) is 17.3. The van der Waals surface area contributed by atoms with Gasteiger partial charge in [0, 0.05) is 43.5 Å². The van der Waals surface area contributed by atoms with Crippen LogP contribution in [0.15, 0.2) is 0 Å². The van der Waals surface area contributed by atoms with E-state index in [4.69, 9.17) is 5.11 Å². The van der Waals surface area contributed by atoms with E-state index in [1.54, 1.807) is 0 Å². The number of carboxylic acids is 1. The lowest BCUT2D eigenvalue weighted by molar-refractivity contribution is -0.138. The second kappa shape index (κ2) is 9.23. The average molecular weight is 302 g/mol. The summed E-state index contributed by atoms with van der Waals surface area (Å²) in [6.45, 7) is 5.56. The second-order valence-electron chi connectivity index (χ2n) is 5.83. The molecule has 0 bridgehead atoms. The molecule has 1 aliphatic heterocycles. The number of carbonyl (C=O) groups is 2. The third-order valence-electron chi connectivity index (χ3n) is 3.29. The minimum absolute atomic E-state index is 0.0177. The Morgan fingerprint density at radius 2 is 2.20 bits per heavy atom. The van der Waals surface area contributed by atoms with Crippen LogP contribution >= 0.6 is 11.8 Å². The molecule has 5 nitrogen and oxygen atoms in total. The van der Waals surface area contributed by atoms with Crippen LogP contribution in [0.3, 0.4) is 0 Å². The van der Waals surface area contributed by atoms with Crippen LogP contribution in [-0.4, -0.2) is 47.6 Å². The molecule has 0 saturated carbocycles. The quantitative estimate of drug-likeness (QED) is 0.630. The molecule has 1 rings (SSSR count). The third-order valence-corrected chi connectivity index (χ3v) is 4.42. The monoisotopic (exact) mass is 302 g/mol. The third kappa shape index (κ3) is 7.75. The van der Waals surface area contributed by atoms with E-state index in [-0.39, 0.29) is 24.3 Å². The number of rotatable bonds is 8. The fraction of sp³-hybridized carbons (Fsp3) is 0.857. The highest BCUT2D eigenvalue weighted by Crippen LogP contribution is 2.15. The Bertz CT molecular complexity index is 318. The van der Waals surface area contributed by atoms with E-state index in [1.807, 2.05) is 11.8 Å². The van der Waals surface area contributed by atoms with E-state index < -0.39 is 5.97 Å². The van der Waals surface area contributed by atoms with Gasteiger partial charge in [0.1, 0.15) is 0 Å². The van der Waals surface area contributed by atoms with Gasteiger partial charge in [-0.1, -0.05) is 13.8 Å². The van der Waals surface area contributed by atoms with Crippen molar-refractivity contribution < 1.29 is 14.7 Å². The molecule has 0 aromatic carbocycles. The van der Waals surface area contributed by atoms with Crippen LogP contribution in [0.4, 0.5) is 0 Å². The van der Waals surface area contributed by atoms with Crippen LogP contribution in [0, 0.1) is 11.8 Å². The van der Waals surface area contributed by atoms with Crippen LogP contribution in [0.25, 0.3) is 0 Å². The molecule has 1 saturated heterocycles. The molecule has 1 amide bonds. The van der Waals surface area contributed by atoms with Gasteiger partial charge in [0.2, 0.25) is 5.91 Å². The minimum atomic E-state index is -0.796. The molecule has 0 aliphatic carbocycles. The van der Waals surface area contributed by atoms with E-state index in [0.29, 0.717) is 18.9 Å². The first-order chi connectivity index (χ1) is 9.47. The van der Waals surface area contributed by atoms with E-state index in [2.05, 4.69) is 24.5 Å². The zero-order valence-corrected chi connectivity index (χ0v) is 13.2. The van der Waals surface area contributed by atoms with Crippen molar-refractivity contribution in [3.05, 3.63) is 0 Å². The van der Waals surface area contributed by atoms with Crippen molar-refractivity contribution in [1.82, 2.24) is 10.6 Å². The molecule has 0 radical (unpaired) electrons. The number of amides is 1. The highest BCUT2D eigenvalue weighted by molar-refractivity contribution is 7.99. The standard InChI is InChI=1S/C14H26N2O3S/c1-10(2)5-11(6-14(18)19)8-16-13(17)7-12-9-20-4-3-15-12/h10-12,15H,3-9H2,1-2H3,(H,16,17)(H,18,19)/t11-,12?/m0/s1. The Morgan fingerprint density at radius 3 is 2.75 bits per heavy atom. The molecule has 1 unspecified atom stereocenters. The van der Waals surface area contributed by atoms with Gasteiger partial charge in [-0.2, -0.15) is 11.8 Å². The Morgan fingerprint density at radius 1 is 1.45 bits per heavy atom. The fourth-order valence-electron chi connectivity index (χ4n) is 2.46. The zero-order valence-electron chi connectivity index (χ0n) is 12.4. The minimum Gasteiger partial charge on any atom is -0.481 e. The predicted molar refractivity (Wildman–Crippen MR) is 81.9 cm³/mol. The van der Waals surface area contributed by atoms with Crippen molar-refractivity contribution in [1.29, 1.82) is 0 Å². The number of carbonyl (C=O) groups excluding carboxylic acids is 1. The van der Waals surface area contributed by atoms with Gasteiger partial charge in [0.25, 0.3) is 0 Å². The number of hydrogen-bond donors (Lipinski definition) is 3. The van der Waals surface area contributed by atoms with Crippen molar-refractivity contribution >= 4 is 23.6 Å². The summed E-state index contributed by atoms with van der Waals surface area (Å²) in [5.41, 5.74) is 0. The van der Waals surface area contributed by atoms with Crippen LogP contribution < -0.4 is 10.6 Å². The van der Waals surface area contributed by atoms with Crippen molar-refractivity contribution in [2.45, 2.75) is 39.2 Å². The van der Waals surface area contributed by atoms with Crippen molar-refractivity contribution in [3.63, 3.8) is 0 Å². The van der Waals surface area contributed by atoms with Gasteiger partial charge in [-0.3, -0.25) is 9.59 Å². The van der Waals surface area contributed by atoms with Crippen molar-refractivity contribution in [3.8, 4) is 0 Å².